The number of carboxylic acids is 1. The summed E-state index contributed by atoms with van der Waals surface area (Å²) in [5.41, 5.74) is 8.68. The quantitative estimate of drug-likeness (QED) is 0.125. The molecule has 11 heteroatoms. The van der Waals surface area contributed by atoms with E-state index in [4.69, 9.17) is 20.6 Å². The van der Waals surface area contributed by atoms with Crippen LogP contribution in [0.4, 0.5) is 10.5 Å². The summed E-state index contributed by atoms with van der Waals surface area (Å²) in [6, 6.07) is 9.04. The Kier molecular flexibility index (Phi) is 14.1. The Balaban J connectivity index is 0.876. The van der Waals surface area contributed by atoms with Gasteiger partial charge in [-0.3, -0.25) is 4.79 Å². The number of aliphatic hydroxyl groups excluding tert-OH is 1. The maximum absolute atomic E-state index is 13.2. The summed E-state index contributed by atoms with van der Waals surface area (Å²) in [6.45, 7) is 13.2. The summed E-state index contributed by atoms with van der Waals surface area (Å²) in [6.07, 6.45) is 18.5. The number of terminal acetylenes is 1. The zero-order chi connectivity index (χ0) is 49.2. The first-order chi connectivity index (χ1) is 32.9. The van der Waals surface area contributed by atoms with Crippen molar-refractivity contribution in [2.75, 3.05) is 38.3 Å². The number of nitrogens with zero attached hydrogens (tertiary/aromatic N) is 1. The van der Waals surface area contributed by atoms with Crippen LogP contribution in [0.1, 0.15) is 149 Å². The molecule has 8 aliphatic carbocycles. The van der Waals surface area contributed by atoms with Gasteiger partial charge in [0.1, 0.15) is 19.3 Å². The summed E-state index contributed by atoms with van der Waals surface area (Å²) < 4.78 is 18.5. The van der Waals surface area contributed by atoms with Crippen LogP contribution in [0.15, 0.2) is 47.1 Å². The molecule has 69 heavy (non-hydrogen) atoms. The van der Waals surface area contributed by atoms with E-state index in [2.05, 4.69) is 82.5 Å². The maximum atomic E-state index is 13.2. The van der Waals surface area contributed by atoms with Crippen molar-refractivity contribution in [3.63, 3.8) is 0 Å². The lowest BCUT2D eigenvalue weighted by molar-refractivity contribution is -0.372. The first-order valence-corrected chi connectivity index (χ1v) is 26.9. The molecule has 1 aromatic carbocycles. The molecule has 0 bridgehead atoms. The molecule has 0 aliphatic heterocycles. The molecule has 1 aromatic rings. The topological polar surface area (TPSA) is 173 Å². The van der Waals surface area contributed by atoms with Crippen molar-refractivity contribution < 1.29 is 49.6 Å². The van der Waals surface area contributed by atoms with Crippen LogP contribution in [-0.4, -0.2) is 85.4 Å². The second-order valence-corrected chi connectivity index (χ2v) is 24.2. The van der Waals surface area contributed by atoms with E-state index >= 15 is 0 Å². The van der Waals surface area contributed by atoms with Gasteiger partial charge in [0.2, 0.25) is 0 Å². The number of likely N-dealkylation sites (N-methyl/N-ethyl adjacent to an activating group) is 1. The molecule has 6 fully saturated rings. The van der Waals surface area contributed by atoms with Gasteiger partial charge in [0.05, 0.1) is 24.4 Å². The molecule has 0 amide bonds. The number of carboxylic acid groups (broad SMARTS) is 1. The second kappa shape index (κ2) is 19.4. The molecule has 0 saturated heterocycles. The Morgan fingerprint density at radius 1 is 1.00 bits per heavy atom. The van der Waals surface area contributed by atoms with Gasteiger partial charge in [-0.25, -0.2) is 4.79 Å². The number of ketones is 1. The van der Waals surface area contributed by atoms with Gasteiger partial charge < -0.3 is 45.0 Å². The summed E-state index contributed by atoms with van der Waals surface area (Å²) in [4.78, 5) is 39.5. The molecule has 5 N–H and O–H groups in total. The number of hydrogen-bond donors (Lipinski definition) is 3. The average molecular weight is 951 g/mol. The molecule has 0 heterocycles. The third kappa shape index (κ3) is 8.61. The van der Waals surface area contributed by atoms with E-state index < -0.39 is 29.2 Å². The second-order valence-electron chi connectivity index (χ2n) is 24.2. The van der Waals surface area contributed by atoms with E-state index in [1.54, 1.807) is 0 Å². The summed E-state index contributed by atoms with van der Waals surface area (Å²) in [5, 5.41) is 36.1. The number of allylic oxidation sites excluding steroid dienone is 4. The predicted molar refractivity (Wildman–Crippen MR) is 262 cm³/mol. The van der Waals surface area contributed by atoms with Crippen molar-refractivity contribution in [2.24, 2.45) is 69.5 Å². The standard InChI is InChI=1S/C58H82N2O9/c1-8-22-58(66)35(3)28-47-43-16-12-37-29-40(61)15-17-42(37)52(43)44(33-56(47,58)5)36-10-13-39(14-11-36)60(7)25-27-67-41-21-23-55(4)38(30-41)31-49(69-54(65)68-26-24-59)53-46-19-18-45(34(2)9-20-51(63)64)57(46,6)50(62)32-48(53)55/h1,10-11,13-14,29,34-35,38,41,43-50,53,62,66H,9,12,15-28,30-33,59H2,2-7H3,(H,63,64). The Hall–Kier alpha value is -3.69. The first kappa shape index (κ1) is 50.3. The van der Waals surface area contributed by atoms with Gasteiger partial charge in [0.25, 0.3) is 0 Å². The number of ether oxygens (including phenoxy) is 3. The smallest absolute Gasteiger partial charge is 0.508 e. The lowest BCUT2D eigenvalue weighted by Gasteiger charge is -2.64. The van der Waals surface area contributed by atoms with E-state index in [0.717, 1.165) is 82.9 Å². The molecular formula is C58H82N2O9. The molecule has 6 saturated carbocycles. The zero-order valence-corrected chi connectivity index (χ0v) is 42.5. The number of aliphatic hydroxyl groups is 2. The van der Waals surface area contributed by atoms with Crippen molar-refractivity contribution in [2.45, 2.75) is 167 Å². The monoisotopic (exact) mass is 951 g/mol. The average Bonchev–Trinajstić information content (AvgIpc) is 3.78. The van der Waals surface area contributed by atoms with Gasteiger partial charge in [-0.15, -0.1) is 12.3 Å². The van der Waals surface area contributed by atoms with Gasteiger partial charge in [-0.1, -0.05) is 52.3 Å². The number of fused-ring (bicyclic) bond motifs is 9. The Bertz CT molecular complexity index is 2220. The van der Waals surface area contributed by atoms with E-state index in [-0.39, 0.29) is 89.2 Å². The lowest BCUT2D eigenvalue weighted by Crippen LogP contribution is -2.63. The van der Waals surface area contributed by atoms with Crippen molar-refractivity contribution in [1.29, 1.82) is 0 Å². The Labute approximate surface area is 411 Å². The highest BCUT2D eigenvalue weighted by Gasteiger charge is 2.68. The molecular weight excluding hydrogens is 869 g/mol. The van der Waals surface area contributed by atoms with Crippen LogP contribution in [0.2, 0.25) is 0 Å². The fourth-order valence-electron chi connectivity index (χ4n) is 17.6. The Morgan fingerprint density at radius 3 is 2.49 bits per heavy atom. The summed E-state index contributed by atoms with van der Waals surface area (Å²) >= 11 is 0. The number of anilines is 1. The highest BCUT2D eigenvalue weighted by Crippen LogP contribution is 2.70. The number of aliphatic carboxylic acids is 1. The summed E-state index contributed by atoms with van der Waals surface area (Å²) in [5.74, 6) is 3.99. The van der Waals surface area contributed by atoms with Gasteiger partial charge in [0.15, 0.2) is 5.78 Å². The SMILES string of the molecule is C#CCC1(O)C(C)CC2C3CCC4=CC(=O)CCC4=C3C(c3ccc(N(C)CCOC4CCC5(C)C(C4)CC(OC(=O)OCC[NH3+])C4C5CC(O)C5(C)C(C(C)CCC(=O)[O-])CCC45)cc3)CC21C. The molecule has 17 unspecified atom stereocenters. The molecule has 0 aromatic heterocycles. The molecule has 0 radical (unpaired) electrons. The fraction of sp³-hybridized carbons (Fsp3) is 0.741. The normalized spacial score (nSPS) is 41.5. The van der Waals surface area contributed by atoms with Gasteiger partial charge >= 0.3 is 6.16 Å². The van der Waals surface area contributed by atoms with Crippen molar-refractivity contribution in [3.8, 4) is 12.3 Å². The number of rotatable bonds is 14. The van der Waals surface area contributed by atoms with Crippen molar-refractivity contribution in [3.05, 3.63) is 52.6 Å². The Morgan fingerprint density at radius 2 is 1.77 bits per heavy atom. The van der Waals surface area contributed by atoms with E-state index in [1.165, 1.54) is 22.3 Å². The van der Waals surface area contributed by atoms with Gasteiger partial charge in [-0.05, 0) is 183 Å². The molecule has 11 nitrogen and oxygen atoms in total. The van der Waals surface area contributed by atoms with Crippen LogP contribution in [0.5, 0.6) is 0 Å². The third-order valence-electron chi connectivity index (χ3n) is 21.3. The van der Waals surface area contributed by atoms with E-state index in [9.17, 15) is 29.7 Å². The van der Waals surface area contributed by atoms with Crippen LogP contribution < -0.4 is 15.7 Å². The van der Waals surface area contributed by atoms with Crippen LogP contribution in [0, 0.1) is 81.8 Å². The summed E-state index contributed by atoms with van der Waals surface area (Å²) in [7, 11) is 2.12. The number of quaternary nitrogens is 1. The highest BCUT2D eigenvalue weighted by atomic mass is 16.7. The van der Waals surface area contributed by atoms with Crippen LogP contribution >= 0.6 is 0 Å². The number of carbonyl (C=O) groups excluding carboxylic acids is 3. The minimum atomic E-state index is -1.03. The van der Waals surface area contributed by atoms with Crippen LogP contribution in [0.3, 0.4) is 0 Å². The molecule has 9 rings (SSSR count). The largest absolute Gasteiger partial charge is 0.550 e. The fourth-order valence-corrected chi connectivity index (χ4v) is 17.6. The third-order valence-corrected chi connectivity index (χ3v) is 21.3. The van der Waals surface area contributed by atoms with Crippen LogP contribution in [-0.2, 0) is 23.8 Å². The number of hydrogen-bond acceptors (Lipinski definition) is 10. The molecule has 8 aliphatic rings. The molecule has 0 spiro atoms. The number of carbonyl (C=O) groups is 3. The lowest BCUT2D eigenvalue weighted by atomic mass is 9.43. The first-order valence-electron chi connectivity index (χ1n) is 26.9. The predicted octanol–water partition coefficient (Wildman–Crippen LogP) is 7.58. The van der Waals surface area contributed by atoms with Gasteiger partial charge in [0, 0.05) is 55.3 Å². The maximum Gasteiger partial charge on any atom is 0.508 e. The van der Waals surface area contributed by atoms with E-state index in [1.807, 2.05) is 6.08 Å². The molecule has 378 valence electrons. The minimum absolute atomic E-state index is 0.0174. The minimum Gasteiger partial charge on any atom is -0.550 e. The van der Waals surface area contributed by atoms with Gasteiger partial charge in [-0.2, -0.15) is 0 Å². The highest BCUT2D eigenvalue weighted by molar-refractivity contribution is 5.93. The zero-order valence-electron chi connectivity index (χ0n) is 42.5. The molecule has 17 atom stereocenters. The van der Waals surface area contributed by atoms with Crippen LogP contribution in [0.25, 0.3) is 0 Å². The van der Waals surface area contributed by atoms with Crippen molar-refractivity contribution >= 4 is 23.6 Å². The number of benzene rings is 1. The van der Waals surface area contributed by atoms with Crippen molar-refractivity contribution in [1.82, 2.24) is 0 Å². The van der Waals surface area contributed by atoms with E-state index in [0.29, 0.717) is 50.7 Å².